The maximum atomic E-state index is 10.8. The fraction of sp³-hybridized carbons (Fsp3) is 0.545. The predicted molar refractivity (Wildman–Crippen MR) is 65.0 cm³/mol. The van der Waals surface area contributed by atoms with E-state index < -0.39 is 5.97 Å². The number of nitrogens with one attached hydrogen (secondary N) is 1. The number of carboxylic acid groups (broad SMARTS) is 1. The van der Waals surface area contributed by atoms with Crippen LogP contribution in [-0.2, 0) is 6.54 Å². The minimum atomic E-state index is -0.949. The molecule has 0 aliphatic carbocycles. The molecule has 0 bridgehead atoms. The van der Waals surface area contributed by atoms with Crippen LogP contribution < -0.4 is 5.32 Å². The number of hydrogen-bond acceptors (Lipinski definition) is 4. The molecule has 5 heteroatoms. The van der Waals surface area contributed by atoms with Crippen molar-refractivity contribution in [2.24, 2.45) is 0 Å². The zero-order chi connectivity index (χ0) is 12.2. The zero-order valence-corrected chi connectivity index (χ0v) is 10.6. The molecule has 0 aromatic carbocycles. The zero-order valence-electron chi connectivity index (χ0n) is 9.74. The van der Waals surface area contributed by atoms with Gasteiger partial charge < -0.3 is 14.8 Å². The van der Waals surface area contributed by atoms with Crippen molar-refractivity contribution in [3.8, 4) is 0 Å². The van der Waals surface area contributed by atoms with E-state index in [2.05, 4.69) is 25.4 Å². The Bertz CT molecular complexity index is 360. The van der Waals surface area contributed by atoms with Crippen LogP contribution in [0.1, 0.15) is 30.0 Å². The highest BCUT2D eigenvalue weighted by atomic mass is 32.2. The van der Waals surface area contributed by atoms with Crippen LogP contribution >= 0.6 is 11.8 Å². The summed E-state index contributed by atoms with van der Waals surface area (Å²) in [5, 5.41) is 12.1. The van der Waals surface area contributed by atoms with Crippen molar-refractivity contribution in [2.45, 2.75) is 25.1 Å². The Morgan fingerprint density at radius 2 is 2.31 bits per heavy atom. The topological polar surface area (TPSA) is 62.5 Å². The van der Waals surface area contributed by atoms with Gasteiger partial charge in [0.2, 0.25) is 0 Å². The van der Waals surface area contributed by atoms with Gasteiger partial charge in [0.15, 0.2) is 0 Å². The monoisotopic (exact) mass is 243 g/mol. The summed E-state index contributed by atoms with van der Waals surface area (Å²) < 4.78 is 5.26. The van der Waals surface area contributed by atoms with Gasteiger partial charge in [-0.25, -0.2) is 4.79 Å². The summed E-state index contributed by atoms with van der Waals surface area (Å²) in [5.74, 6) is -0.473. The lowest BCUT2D eigenvalue weighted by molar-refractivity contribution is 0.0694. The molecule has 0 atom stereocenters. The molecule has 0 aliphatic rings. The Balaban J connectivity index is 2.49. The molecule has 0 saturated heterocycles. The van der Waals surface area contributed by atoms with Gasteiger partial charge in [-0.1, -0.05) is 0 Å². The van der Waals surface area contributed by atoms with Gasteiger partial charge in [0, 0.05) is 11.3 Å². The Morgan fingerprint density at radius 3 is 2.88 bits per heavy atom. The van der Waals surface area contributed by atoms with Crippen LogP contribution in [0.15, 0.2) is 16.7 Å². The van der Waals surface area contributed by atoms with Gasteiger partial charge in [0.1, 0.15) is 11.3 Å². The molecule has 16 heavy (non-hydrogen) atoms. The van der Waals surface area contributed by atoms with Gasteiger partial charge in [0.05, 0.1) is 12.8 Å². The lowest BCUT2D eigenvalue weighted by Gasteiger charge is -2.21. The number of furan rings is 1. The maximum Gasteiger partial charge on any atom is 0.339 e. The average Bonchev–Trinajstić information content (AvgIpc) is 2.66. The van der Waals surface area contributed by atoms with Gasteiger partial charge in [-0.15, -0.1) is 0 Å². The molecule has 1 rings (SSSR count). The molecule has 0 radical (unpaired) electrons. The molecule has 90 valence electrons. The van der Waals surface area contributed by atoms with Crippen molar-refractivity contribution in [1.29, 1.82) is 0 Å². The lowest BCUT2D eigenvalue weighted by atomic mass is 10.2. The van der Waals surface area contributed by atoms with Crippen molar-refractivity contribution in [1.82, 2.24) is 5.32 Å². The first-order chi connectivity index (χ1) is 7.46. The molecule has 4 nitrogen and oxygen atoms in total. The Hall–Kier alpha value is -0.940. The van der Waals surface area contributed by atoms with E-state index in [1.165, 1.54) is 12.3 Å². The van der Waals surface area contributed by atoms with Crippen LogP contribution in [0.4, 0.5) is 0 Å². The van der Waals surface area contributed by atoms with Crippen molar-refractivity contribution < 1.29 is 14.3 Å². The maximum absolute atomic E-state index is 10.8. The molecule has 1 aromatic rings. The SMILES string of the molecule is CSC(C)(C)CNCc1occc1C(=O)O. The fourth-order valence-electron chi connectivity index (χ4n) is 1.22. The van der Waals surface area contributed by atoms with E-state index in [1.54, 1.807) is 11.8 Å². The van der Waals surface area contributed by atoms with E-state index in [-0.39, 0.29) is 10.3 Å². The minimum Gasteiger partial charge on any atom is -0.478 e. The molecular formula is C11H17NO3S. The normalized spacial score (nSPS) is 11.7. The second kappa shape index (κ2) is 5.41. The summed E-state index contributed by atoms with van der Waals surface area (Å²) >= 11 is 1.77. The highest BCUT2D eigenvalue weighted by molar-refractivity contribution is 7.99. The van der Waals surface area contributed by atoms with Gasteiger partial charge in [-0.3, -0.25) is 0 Å². The van der Waals surface area contributed by atoms with E-state index in [9.17, 15) is 4.79 Å². The van der Waals surface area contributed by atoms with Crippen LogP contribution in [-0.4, -0.2) is 28.6 Å². The molecule has 2 N–H and O–H groups in total. The molecular weight excluding hydrogens is 226 g/mol. The summed E-state index contributed by atoms with van der Waals surface area (Å²) in [7, 11) is 0. The van der Waals surface area contributed by atoms with Crippen molar-refractivity contribution >= 4 is 17.7 Å². The number of rotatable bonds is 6. The number of carbonyl (C=O) groups is 1. The first kappa shape index (κ1) is 13.1. The highest BCUT2D eigenvalue weighted by Gasteiger charge is 2.17. The van der Waals surface area contributed by atoms with E-state index in [4.69, 9.17) is 9.52 Å². The molecule has 0 fully saturated rings. The Morgan fingerprint density at radius 1 is 1.62 bits per heavy atom. The molecule has 1 heterocycles. The standard InChI is InChI=1S/C11H17NO3S/c1-11(2,16-3)7-12-6-9-8(10(13)14)4-5-15-9/h4-5,12H,6-7H2,1-3H3,(H,13,14). The molecule has 0 aliphatic heterocycles. The van der Waals surface area contributed by atoms with Crippen molar-refractivity contribution in [3.05, 3.63) is 23.7 Å². The third-order valence-electron chi connectivity index (χ3n) is 2.36. The first-order valence-corrected chi connectivity index (χ1v) is 6.24. The third-order valence-corrected chi connectivity index (χ3v) is 3.61. The van der Waals surface area contributed by atoms with Gasteiger partial charge in [-0.2, -0.15) is 11.8 Å². The lowest BCUT2D eigenvalue weighted by Crippen LogP contribution is -2.31. The number of thioether (sulfide) groups is 1. The molecule has 0 unspecified atom stereocenters. The first-order valence-electron chi connectivity index (χ1n) is 5.02. The number of aromatic carboxylic acids is 1. The summed E-state index contributed by atoms with van der Waals surface area (Å²) in [6.45, 7) is 5.50. The van der Waals surface area contributed by atoms with Crippen molar-refractivity contribution in [3.63, 3.8) is 0 Å². The number of carboxylic acids is 1. The number of hydrogen-bond donors (Lipinski definition) is 2. The molecule has 0 spiro atoms. The largest absolute Gasteiger partial charge is 0.478 e. The summed E-state index contributed by atoms with van der Waals surface area (Å²) in [5.41, 5.74) is 0.231. The third kappa shape index (κ3) is 3.57. The predicted octanol–water partition coefficient (Wildman–Crippen LogP) is 2.21. The van der Waals surface area contributed by atoms with Crippen LogP contribution in [0.3, 0.4) is 0 Å². The van der Waals surface area contributed by atoms with Crippen LogP contribution in [0.25, 0.3) is 0 Å². The van der Waals surface area contributed by atoms with Crippen LogP contribution in [0.2, 0.25) is 0 Å². The van der Waals surface area contributed by atoms with Gasteiger partial charge in [-0.05, 0) is 26.2 Å². The van der Waals surface area contributed by atoms with Crippen LogP contribution in [0, 0.1) is 0 Å². The highest BCUT2D eigenvalue weighted by Crippen LogP contribution is 2.20. The summed E-state index contributed by atoms with van der Waals surface area (Å²) in [6.07, 6.45) is 3.46. The molecule has 0 amide bonds. The second-order valence-corrected chi connectivity index (χ2v) is 5.64. The van der Waals surface area contributed by atoms with Crippen LogP contribution in [0.5, 0.6) is 0 Å². The van der Waals surface area contributed by atoms with Gasteiger partial charge >= 0.3 is 5.97 Å². The summed E-state index contributed by atoms with van der Waals surface area (Å²) in [6, 6.07) is 1.47. The van der Waals surface area contributed by atoms with E-state index in [1.807, 2.05) is 0 Å². The quantitative estimate of drug-likeness (QED) is 0.802. The van der Waals surface area contributed by atoms with Gasteiger partial charge in [0.25, 0.3) is 0 Å². The minimum absolute atomic E-state index is 0.135. The smallest absolute Gasteiger partial charge is 0.339 e. The molecule has 0 saturated carbocycles. The van der Waals surface area contributed by atoms with Crippen molar-refractivity contribution in [2.75, 3.05) is 12.8 Å². The Kier molecular flexibility index (Phi) is 4.44. The summed E-state index contributed by atoms with van der Waals surface area (Å²) in [4.78, 5) is 10.8. The Labute approximate surface area is 99.4 Å². The average molecular weight is 243 g/mol. The second-order valence-electron chi connectivity index (χ2n) is 4.13. The molecule has 1 aromatic heterocycles. The van der Waals surface area contributed by atoms with E-state index >= 15 is 0 Å². The fourth-order valence-corrected chi connectivity index (χ4v) is 1.46. The van der Waals surface area contributed by atoms with E-state index in [0.29, 0.717) is 12.3 Å². The van der Waals surface area contributed by atoms with E-state index in [0.717, 1.165) is 6.54 Å².